The minimum atomic E-state index is -0.888. The maximum Gasteiger partial charge on any atom is 0.303 e. The molecule has 1 fully saturated rings. The zero-order valence-corrected chi connectivity index (χ0v) is 12.2. The van der Waals surface area contributed by atoms with Crippen molar-refractivity contribution in [3.05, 3.63) is 0 Å². The standard InChI is InChI=1S/C14H24N2O5/c17-10-2-7-15-14(21)11-5-8-16(9-6-11)12(18)3-1-4-13(19)20/h11,17H,1-10H2,(H,15,21)(H,19,20). The third-order valence-electron chi connectivity index (χ3n) is 3.63. The molecule has 21 heavy (non-hydrogen) atoms. The number of aliphatic hydroxyl groups is 1. The van der Waals surface area contributed by atoms with Crippen LogP contribution in [0.15, 0.2) is 0 Å². The highest BCUT2D eigenvalue weighted by Crippen LogP contribution is 2.18. The van der Waals surface area contributed by atoms with E-state index in [4.69, 9.17) is 10.2 Å². The molecule has 0 atom stereocenters. The molecule has 0 radical (unpaired) electrons. The van der Waals surface area contributed by atoms with Crippen LogP contribution in [0, 0.1) is 5.92 Å². The molecule has 0 unspecified atom stereocenters. The van der Waals surface area contributed by atoms with Crippen molar-refractivity contribution in [1.82, 2.24) is 10.2 Å². The zero-order valence-electron chi connectivity index (χ0n) is 12.2. The van der Waals surface area contributed by atoms with E-state index < -0.39 is 5.97 Å². The van der Waals surface area contributed by atoms with E-state index in [9.17, 15) is 14.4 Å². The summed E-state index contributed by atoms with van der Waals surface area (Å²) in [5, 5.41) is 20.0. The van der Waals surface area contributed by atoms with Crippen LogP contribution >= 0.6 is 0 Å². The van der Waals surface area contributed by atoms with E-state index in [1.54, 1.807) is 4.90 Å². The highest BCUT2D eigenvalue weighted by molar-refractivity contribution is 5.80. The van der Waals surface area contributed by atoms with Crippen LogP contribution in [0.25, 0.3) is 0 Å². The molecule has 0 aromatic carbocycles. The zero-order chi connectivity index (χ0) is 15.7. The molecule has 0 aliphatic carbocycles. The lowest BCUT2D eigenvalue weighted by molar-refractivity contribution is -0.138. The second-order valence-corrected chi connectivity index (χ2v) is 5.27. The molecule has 0 spiro atoms. The summed E-state index contributed by atoms with van der Waals surface area (Å²) in [4.78, 5) is 35.8. The van der Waals surface area contributed by atoms with E-state index in [0.29, 0.717) is 45.3 Å². The van der Waals surface area contributed by atoms with Crippen molar-refractivity contribution in [2.45, 2.75) is 38.5 Å². The number of piperidine rings is 1. The number of nitrogens with zero attached hydrogens (tertiary/aromatic N) is 1. The quantitative estimate of drug-likeness (QED) is 0.546. The Morgan fingerprint density at radius 2 is 1.76 bits per heavy atom. The molecule has 2 amide bonds. The van der Waals surface area contributed by atoms with Crippen LogP contribution < -0.4 is 5.32 Å². The molecular weight excluding hydrogens is 276 g/mol. The van der Waals surface area contributed by atoms with Crippen molar-refractivity contribution in [3.63, 3.8) is 0 Å². The molecule has 1 heterocycles. The predicted molar refractivity (Wildman–Crippen MR) is 75.5 cm³/mol. The molecule has 3 N–H and O–H groups in total. The van der Waals surface area contributed by atoms with Crippen molar-refractivity contribution in [2.75, 3.05) is 26.2 Å². The summed E-state index contributed by atoms with van der Waals surface area (Å²) in [7, 11) is 0. The number of aliphatic hydroxyl groups excluding tert-OH is 1. The molecule has 1 aliphatic heterocycles. The van der Waals surface area contributed by atoms with Crippen LogP contribution in [0.5, 0.6) is 0 Å². The molecule has 1 saturated heterocycles. The number of hydrogen-bond acceptors (Lipinski definition) is 4. The van der Waals surface area contributed by atoms with Gasteiger partial charge in [-0.25, -0.2) is 0 Å². The van der Waals surface area contributed by atoms with Crippen molar-refractivity contribution >= 4 is 17.8 Å². The number of carboxylic acids is 1. The van der Waals surface area contributed by atoms with E-state index >= 15 is 0 Å². The molecule has 7 heteroatoms. The molecule has 120 valence electrons. The summed E-state index contributed by atoms with van der Waals surface area (Å²) in [6, 6.07) is 0. The molecule has 0 bridgehead atoms. The molecule has 1 aliphatic rings. The summed E-state index contributed by atoms with van der Waals surface area (Å²) in [6.45, 7) is 1.63. The van der Waals surface area contributed by atoms with Crippen molar-refractivity contribution in [3.8, 4) is 0 Å². The van der Waals surface area contributed by atoms with Crippen LogP contribution in [0.4, 0.5) is 0 Å². The normalized spacial score (nSPS) is 15.8. The number of aliphatic carboxylic acids is 1. The van der Waals surface area contributed by atoms with Gasteiger partial charge in [-0.2, -0.15) is 0 Å². The highest BCUT2D eigenvalue weighted by Gasteiger charge is 2.26. The van der Waals surface area contributed by atoms with Crippen molar-refractivity contribution < 1.29 is 24.6 Å². The highest BCUT2D eigenvalue weighted by atomic mass is 16.4. The molecule has 0 aromatic heterocycles. The summed E-state index contributed by atoms with van der Waals surface area (Å²) in [5.74, 6) is -1.01. The summed E-state index contributed by atoms with van der Waals surface area (Å²) in [5.41, 5.74) is 0. The lowest BCUT2D eigenvalue weighted by Gasteiger charge is -2.31. The first kappa shape index (κ1) is 17.4. The van der Waals surface area contributed by atoms with Crippen LogP contribution in [0.2, 0.25) is 0 Å². The lowest BCUT2D eigenvalue weighted by Crippen LogP contribution is -2.43. The third kappa shape index (κ3) is 6.57. The number of amides is 2. The first-order valence-electron chi connectivity index (χ1n) is 7.42. The van der Waals surface area contributed by atoms with Gasteiger partial charge in [-0.1, -0.05) is 0 Å². The summed E-state index contributed by atoms with van der Waals surface area (Å²) < 4.78 is 0. The van der Waals surface area contributed by atoms with E-state index in [1.807, 2.05) is 0 Å². The fourth-order valence-electron chi connectivity index (χ4n) is 2.38. The smallest absolute Gasteiger partial charge is 0.303 e. The Balaban J connectivity index is 2.23. The second kappa shape index (κ2) is 9.33. The first-order valence-corrected chi connectivity index (χ1v) is 7.42. The van der Waals surface area contributed by atoms with Crippen LogP contribution in [-0.2, 0) is 14.4 Å². The van der Waals surface area contributed by atoms with E-state index in [2.05, 4.69) is 5.32 Å². The Morgan fingerprint density at radius 1 is 1.10 bits per heavy atom. The van der Waals surface area contributed by atoms with Gasteiger partial charge in [0.2, 0.25) is 11.8 Å². The maximum absolute atomic E-state index is 11.9. The fraction of sp³-hybridized carbons (Fsp3) is 0.786. The third-order valence-corrected chi connectivity index (χ3v) is 3.63. The van der Waals surface area contributed by atoms with Crippen LogP contribution in [-0.4, -0.2) is 59.1 Å². The van der Waals surface area contributed by atoms with Crippen LogP contribution in [0.3, 0.4) is 0 Å². The Labute approximate surface area is 124 Å². The van der Waals surface area contributed by atoms with Gasteiger partial charge in [0.25, 0.3) is 0 Å². The van der Waals surface area contributed by atoms with E-state index in [0.717, 1.165) is 0 Å². The van der Waals surface area contributed by atoms with Gasteiger partial charge in [0.15, 0.2) is 0 Å². The molecule has 7 nitrogen and oxygen atoms in total. The number of hydrogen-bond donors (Lipinski definition) is 3. The Bertz CT molecular complexity index is 364. The minimum Gasteiger partial charge on any atom is -0.481 e. The molecule has 1 rings (SSSR count). The Morgan fingerprint density at radius 3 is 2.33 bits per heavy atom. The van der Waals surface area contributed by atoms with Gasteiger partial charge < -0.3 is 20.4 Å². The van der Waals surface area contributed by atoms with Gasteiger partial charge in [0.05, 0.1) is 0 Å². The molecule has 0 aromatic rings. The Hall–Kier alpha value is -1.63. The summed E-state index contributed by atoms with van der Waals surface area (Å²) >= 11 is 0. The number of carbonyl (C=O) groups is 3. The van der Waals surface area contributed by atoms with Crippen molar-refractivity contribution in [2.24, 2.45) is 5.92 Å². The predicted octanol–water partition coefficient (Wildman–Crippen LogP) is -0.0215. The van der Waals surface area contributed by atoms with Gasteiger partial charge in [0, 0.05) is 45.0 Å². The van der Waals surface area contributed by atoms with Gasteiger partial charge in [-0.05, 0) is 25.7 Å². The van der Waals surface area contributed by atoms with E-state index in [1.165, 1.54) is 0 Å². The number of likely N-dealkylation sites (tertiary alicyclic amines) is 1. The molecular formula is C14H24N2O5. The minimum absolute atomic E-state index is 0.00939. The molecule has 0 saturated carbocycles. The fourth-order valence-corrected chi connectivity index (χ4v) is 2.38. The van der Waals surface area contributed by atoms with Crippen molar-refractivity contribution in [1.29, 1.82) is 0 Å². The number of rotatable bonds is 8. The first-order chi connectivity index (χ1) is 10.0. The van der Waals surface area contributed by atoms with Gasteiger partial charge in [-0.3, -0.25) is 14.4 Å². The monoisotopic (exact) mass is 300 g/mol. The van der Waals surface area contributed by atoms with Gasteiger partial charge in [-0.15, -0.1) is 0 Å². The average Bonchev–Trinajstić information content (AvgIpc) is 2.47. The summed E-state index contributed by atoms with van der Waals surface area (Å²) in [6.07, 6.45) is 2.43. The number of nitrogens with one attached hydrogen (secondary N) is 1. The largest absolute Gasteiger partial charge is 0.481 e. The number of carboxylic acid groups (broad SMARTS) is 1. The Kier molecular flexibility index (Phi) is 7.74. The van der Waals surface area contributed by atoms with Gasteiger partial charge >= 0.3 is 5.97 Å². The lowest BCUT2D eigenvalue weighted by atomic mass is 9.95. The second-order valence-electron chi connectivity index (χ2n) is 5.27. The van der Waals surface area contributed by atoms with Gasteiger partial charge in [0.1, 0.15) is 0 Å². The average molecular weight is 300 g/mol. The van der Waals surface area contributed by atoms with E-state index in [-0.39, 0.29) is 37.2 Å². The topological polar surface area (TPSA) is 107 Å². The SMILES string of the molecule is O=C(O)CCCC(=O)N1CCC(C(=O)NCCCO)CC1. The van der Waals surface area contributed by atoms with Crippen LogP contribution in [0.1, 0.15) is 38.5 Å². The number of carbonyl (C=O) groups excluding carboxylic acids is 2. The maximum atomic E-state index is 11.9.